The molecule has 1 amide bonds. The van der Waals surface area contributed by atoms with E-state index in [1.54, 1.807) is 6.07 Å². The fourth-order valence-electron chi connectivity index (χ4n) is 1.78. The van der Waals surface area contributed by atoms with E-state index in [1.807, 2.05) is 32.0 Å². The Kier molecular flexibility index (Phi) is 4.36. The monoisotopic (exact) mass is 334 g/mol. The molecule has 6 heteroatoms. The average molecular weight is 335 g/mol. The second-order valence-corrected chi connectivity index (χ2v) is 5.31. The molecule has 0 bridgehead atoms. The molecule has 0 saturated heterocycles. The van der Waals surface area contributed by atoms with E-state index in [9.17, 15) is 4.79 Å². The number of hydrazine groups is 1. The summed E-state index contributed by atoms with van der Waals surface area (Å²) in [7, 11) is 0. The van der Waals surface area contributed by atoms with Crippen LogP contribution in [0.4, 0.5) is 11.4 Å². The second kappa shape index (κ2) is 6.02. The Morgan fingerprint density at radius 1 is 1.25 bits per heavy atom. The van der Waals surface area contributed by atoms with Crippen molar-refractivity contribution in [1.82, 2.24) is 4.98 Å². The van der Waals surface area contributed by atoms with Crippen LogP contribution in [0.5, 0.6) is 0 Å². The summed E-state index contributed by atoms with van der Waals surface area (Å²) in [6, 6.07) is 7.46. The number of carbonyl (C=O) groups excluding carboxylic acids is 1. The number of benzene rings is 1. The summed E-state index contributed by atoms with van der Waals surface area (Å²) in [4.78, 5) is 16.4. The lowest BCUT2D eigenvalue weighted by molar-refractivity contribution is 0.102. The van der Waals surface area contributed by atoms with Crippen molar-refractivity contribution in [2.24, 2.45) is 5.84 Å². The van der Waals surface area contributed by atoms with Gasteiger partial charge in [-0.15, -0.1) is 0 Å². The molecule has 1 heterocycles. The topological polar surface area (TPSA) is 80.0 Å². The van der Waals surface area contributed by atoms with E-state index < -0.39 is 0 Å². The average Bonchev–Trinajstić information content (AvgIpc) is 2.42. The smallest absolute Gasteiger partial charge is 0.259 e. The summed E-state index contributed by atoms with van der Waals surface area (Å²) in [6.45, 7) is 3.79. The van der Waals surface area contributed by atoms with Gasteiger partial charge in [0.2, 0.25) is 0 Å². The number of hydrogen-bond donors (Lipinski definition) is 3. The first-order valence-corrected chi connectivity index (χ1v) is 6.81. The molecule has 4 N–H and O–H groups in total. The molecule has 0 saturated carbocycles. The predicted molar refractivity (Wildman–Crippen MR) is 83.6 cm³/mol. The van der Waals surface area contributed by atoms with Crippen molar-refractivity contribution in [2.75, 3.05) is 10.7 Å². The Labute approximate surface area is 125 Å². The van der Waals surface area contributed by atoms with Crippen LogP contribution in [0, 0.1) is 13.8 Å². The van der Waals surface area contributed by atoms with Gasteiger partial charge in [-0.3, -0.25) is 15.6 Å². The van der Waals surface area contributed by atoms with Gasteiger partial charge in [0.15, 0.2) is 0 Å². The molecule has 2 rings (SSSR count). The molecule has 0 aliphatic carbocycles. The Hall–Kier alpha value is -1.92. The number of amides is 1. The molecule has 0 unspecified atom stereocenters. The van der Waals surface area contributed by atoms with Crippen molar-refractivity contribution in [3.05, 3.63) is 51.8 Å². The van der Waals surface area contributed by atoms with Crippen molar-refractivity contribution >= 4 is 33.2 Å². The third kappa shape index (κ3) is 3.15. The molecule has 20 heavy (non-hydrogen) atoms. The number of nitrogens with two attached hydrogens (primary N) is 1. The largest absolute Gasteiger partial charge is 0.323 e. The Bertz CT molecular complexity index is 658. The zero-order valence-electron chi connectivity index (χ0n) is 11.2. The molecular weight excluding hydrogens is 320 g/mol. The van der Waals surface area contributed by atoms with Gasteiger partial charge in [-0.05, 0) is 53.5 Å². The van der Waals surface area contributed by atoms with Gasteiger partial charge < -0.3 is 10.7 Å². The maximum Gasteiger partial charge on any atom is 0.259 e. The number of hydrogen-bond acceptors (Lipinski definition) is 4. The molecule has 1 aromatic carbocycles. The summed E-state index contributed by atoms with van der Waals surface area (Å²) in [5.74, 6) is 5.17. The van der Waals surface area contributed by atoms with Crippen molar-refractivity contribution in [2.45, 2.75) is 13.8 Å². The molecule has 104 valence electrons. The van der Waals surface area contributed by atoms with Crippen LogP contribution in [0.15, 0.2) is 34.9 Å². The third-order valence-corrected chi connectivity index (χ3v) is 3.50. The highest BCUT2D eigenvalue weighted by atomic mass is 79.9. The minimum Gasteiger partial charge on any atom is -0.323 e. The van der Waals surface area contributed by atoms with Crippen LogP contribution in [0.25, 0.3) is 0 Å². The van der Waals surface area contributed by atoms with Gasteiger partial charge in [0.1, 0.15) is 0 Å². The zero-order chi connectivity index (χ0) is 14.7. The number of nitrogens with one attached hydrogen (secondary N) is 2. The van der Waals surface area contributed by atoms with Crippen LogP contribution in [0.2, 0.25) is 0 Å². The van der Waals surface area contributed by atoms with Gasteiger partial charge in [-0.1, -0.05) is 6.07 Å². The maximum atomic E-state index is 12.3. The summed E-state index contributed by atoms with van der Waals surface area (Å²) >= 11 is 3.41. The number of rotatable bonds is 3. The second-order valence-electron chi connectivity index (χ2n) is 4.45. The molecule has 0 fully saturated rings. The van der Waals surface area contributed by atoms with Crippen LogP contribution in [0.1, 0.15) is 21.6 Å². The van der Waals surface area contributed by atoms with Crippen molar-refractivity contribution in [3.8, 4) is 0 Å². The van der Waals surface area contributed by atoms with Crippen LogP contribution in [0.3, 0.4) is 0 Å². The highest BCUT2D eigenvalue weighted by molar-refractivity contribution is 9.10. The molecule has 0 aliphatic rings. The molecule has 0 atom stereocenters. The molecule has 0 spiro atoms. The van der Waals surface area contributed by atoms with Gasteiger partial charge in [-0.25, -0.2) is 0 Å². The maximum absolute atomic E-state index is 12.3. The van der Waals surface area contributed by atoms with E-state index in [0.717, 1.165) is 15.7 Å². The third-order valence-electron chi connectivity index (χ3n) is 2.81. The molecular formula is C14H15BrN4O. The van der Waals surface area contributed by atoms with E-state index in [-0.39, 0.29) is 5.91 Å². The van der Waals surface area contributed by atoms with E-state index in [1.165, 1.54) is 6.20 Å². The Balaban J connectivity index is 2.30. The standard InChI is InChI=1S/C14H15BrN4O/c1-8-3-4-11(15)13(5-8)18-14(20)10-7-17-9(2)6-12(10)19-16/h3-7H,16H2,1-2H3,(H,17,19)(H,18,20). The van der Waals surface area contributed by atoms with E-state index >= 15 is 0 Å². The van der Waals surface area contributed by atoms with Gasteiger partial charge in [-0.2, -0.15) is 0 Å². The number of pyridine rings is 1. The number of anilines is 2. The first-order chi connectivity index (χ1) is 9.51. The lowest BCUT2D eigenvalue weighted by Gasteiger charge is -2.11. The van der Waals surface area contributed by atoms with Crippen LogP contribution in [-0.2, 0) is 0 Å². The van der Waals surface area contributed by atoms with Crippen molar-refractivity contribution in [3.63, 3.8) is 0 Å². The van der Waals surface area contributed by atoms with E-state index in [2.05, 4.69) is 31.7 Å². The minimum atomic E-state index is -0.267. The van der Waals surface area contributed by atoms with E-state index in [0.29, 0.717) is 16.9 Å². The Morgan fingerprint density at radius 3 is 2.70 bits per heavy atom. The lowest BCUT2D eigenvalue weighted by atomic mass is 10.2. The molecule has 1 aromatic heterocycles. The number of nitrogen functional groups attached to an aromatic ring is 1. The first kappa shape index (κ1) is 14.5. The number of halogens is 1. The predicted octanol–water partition coefficient (Wildman–Crippen LogP) is 3.00. The molecule has 0 aliphatic heterocycles. The first-order valence-electron chi connectivity index (χ1n) is 6.02. The zero-order valence-corrected chi connectivity index (χ0v) is 12.8. The quantitative estimate of drug-likeness (QED) is 0.595. The van der Waals surface area contributed by atoms with E-state index in [4.69, 9.17) is 5.84 Å². The summed E-state index contributed by atoms with van der Waals surface area (Å²) in [5, 5.41) is 2.84. The Morgan fingerprint density at radius 2 is 2.00 bits per heavy atom. The highest BCUT2D eigenvalue weighted by Crippen LogP contribution is 2.25. The summed E-state index contributed by atoms with van der Waals surface area (Å²) in [6.07, 6.45) is 1.50. The number of nitrogens with zero attached hydrogens (tertiary/aromatic N) is 1. The van der Waals surface area contributed by atoms with Crippen molar-refractivity contribution in [1.29, 1.82) is 0 Å². The number of aryl methyl sites for hydroxylation is 2. The molecule has 5 nitrogen and oxygen atoms in total. The SMILES string of the molecule is Cc1ccc(Br)c(NC(=O)c2cnc(C)cc2NN)c1. The van der Waals surface area contributed by atoms with Crippen molar-refractivity contribution < 1.29 is 4.79 Å². The number of aromatic nitrogens is 1. The van der Waals surface area contributed by atoms with Crippen LogP contribution < -0.4 is 16.6 Å². The van der Waals surface area contributed by atoms with Gasteiger partial charge in [0, 0.05) is 16.4 Å². The molecule has 2 aromatic rings. The van der Waals surface area contributed by atoms with Crippen LogP contribution >= 0.6 is 15.9 Å². The molecule has 0 radical (unpaired) electrons. The number of carbonyl (C=O) groups is 1. The normalized spacial score (nSPS) is 10.2. The minimum absolute atomic E-state index is 0.267. The van der Waals surface area contributed by atoms with Gasteiger partial charge in [0.25, 0.3) is 5.91 Å². The summed E-state index contributed by atoms with van der Waals surface area (Å²) in [5.41, 5.74) is 6.00. The van der Waals surface area contributed by atoms with Gasteiger partial charge in [0.05, 0.1) is 16.9 Å². The van der Waals surface area contributed by atoms with Crippen LogP contribution in [-0.4, -0.2) is 10.9 Å². The summed E-state index contributed by atoms with van der Waals surface area (Å²) < 4.78 is 0.818. The fourth-order valence-corrected chi connectivity index (χ4v) is 2.13. The fraction of sp³-hybridized carbons (Fsp3) is 0.143. The van der Waals surface area contributed by atoms with Gasteiger partial charge >= 0.3 is 0 Å². The lowest BCUT2D eigenvalue weighted by Crippen LogP contribution is -2.18. The highest BCUT2D eigenvalue weighted by Gasteiger charge is 2.13.